The molecule has 22 heavy (non-hydrogen) atoms. The summed E-state index contributed by atoms with van der Waals surface area (Å²) < 4.78 is 10.4. The summed E-state index contributed by atoms with van der Waals surface area (Å²) in [6.07, 6.45) is 6.91. The third-order valence-corrected chi connectivity index (χ3v) is 5.65. The van der Waals surface area contributed by atoms with Crippen molar-refractivity contribution in [3.8, 4) is 0 Å². The molecule has 0 aromatic heterocycles. The molecule has 0 N–H and O–H groups in total. The van der Waals surface area contributed by atoms with E-state index in [1.807, 2.05) is 0 Å². The van der Waals surface area contributed by atoms with Gasteiger partial charge in [0, 0.05) is 25.8 Å². The van der Waals surface area contributed by atoms with Crippen molar-refractivity contribution in [3.63, 3.8) is 0 Å². The summed E-state index contributed by atoms with van der Waals surface area (Å²) in [6.45, 7) is 6.52. The summed E-state index contributed by atoms with van der Waals surface area (Å²) in [5.74, 6) is 0.780. The topological polar surface area (TPSA) is 42.0 Å². The molecule has 3 rings (SSSR count). The van der Waals surface area contributed by atoms with Crippen LogP contribution >= 0.6 is 0 Å². The van der Waals surface area contributed by atoms with Gasteiger partial charge in [0.05, 0.1) is 7.11 Å². The predicted molar refractivity (Wildman–Crippen MR) is 84.7 cm³/mol. The monoisotopic (exact) mass is 310 g/mol. The maximum atomic E-state index is 11.9. The highest BCUT2D eigenvalue weighted by Crippen LogP contribution is 2.27. The third-order valence-electron chi connectivity index (χ3n) is 5.65. The van der Waals surface area contributed by atoms with Crippen molar-refractivity contribution in [1.29, 1.82) is 0 Å². The van der Waals surface area contributed by atoms with Crippen LogP contribution in [0.2, 0.25) is 0 Å². The zero-order valence-corrected chi connectivity index (χ0v) is 13.8. The average molecular weight is 310 g/mol. The Hall–Kier alpha value is -0.650. The number of hydrogen-bond acceptors (Lipinski definition) is 5. The number of nitrogens with zero attached hydrogens (tertiary/aromatic N) is 2. The molecule has 3 saturated heterocycles. The second-order valence-electron chi connectivity index (χ2n) is 7.01. The van der Waals surface area contributed by atoms with E-state index in [-0.39, 0.29) is 12.0 Å². The first-order chi connectivity index (χ1) is 10.8. The molecule has 0 saturated carbocycles. The Labute approximate surface area is 133 Å². The van der Waals surface area contributed by atoms with Crippen molar-refractivity contribution in [3.05, 3.63) is 0 Å². The number of carbonyl (C=O) groups is 1. The number of likely N-dealkylation sites (tertiary alicyclic amines) is 2. The molecule has 0 spiro atoms. The van der Waals surface area contributed by atoms with Gasteiger partial charge in [-0.2, -0.15) is 0 Å². The second-order valence-corrected chi connectivity index (χ2v) is 7.01. The van der Waals surface area contributed by atoms with E-state index in [0.29, 0.717) is 6.04 Å². The fraction of sp³-hybridized carbons (Fsp3) is 0.941. The SMILES string of the molecule is COC(=O)[C@@H]1CCCN1C1CCN(CC2CCOCC2)CC1. The van der Waals surface area contributed by atoms with Crippen LogP contribution in [0.5, 0.6) is 0 Å². The van der Waals surface area contributed by atoms with E-state index in [1.165, 1.54) is 52.4 Å². The van der Waals surface area contributed by atoms with E-state index in [4.69, 9.17) is 9.47 Å². The van der Waals surface area contributed by atoms with Gasteiger partial charge in [-0.1, -0.05) is 0 Å². The number of carbonyl (C=O) groups excluding carboxylic acids is 1. The van der Waals surface area contributed by atoms with Crippen LogP contribution in [-0.4, -0.2) is 74.4 Å². The van der Waals surface area contributed by atoms with Gasteiger partial charge in [0.1, 0.15) is 6.04 Å². The first-order valence-corrected chi connectivity index (χ1v) is 8.91. The molecule has 3 heterocycles. The van der Waals surface area contributed by atoms with Gasteiger partial charge < -0.3 is 14.4 Å². The Kier molecular flexibility index (Phi) is 5.71. The van der Waals surface area contributed by atoms with Crippen molar-refractivity contribution in [2.24, 2.45) is 5.92 Å². The van der Waals surface area contributed by atoms with Gasteiger partial charge in [-0.3, -0.25) is 9.69 Å². The Morgan fingerprint density at radius 1 is 1.09 bits per heavy atom. The van der Waals surface area contributed by atoms with Crippen LogP contribution in [0, 0.1) is 5.92 Å². The highest BCUT2D eigenvalue weighted by Gasteiger charge is 2.37. The molecule has 3 aliphatic heterocycles. The van der Waals surface area contributed by atoms with Gasteiger partial charge in [0.2, 0.25) is 0 Å². The average Bonchev–Trinajstić information content (AvgIpc) is 3.05. The van der Waals surface area contributed by atoms with Gasteiger partial charge in [0.15, 0.2) is 0 Å². The Bertz CT molecular complexity index is 363. The van der Waals surface area contributed by atoms with Crippen LogP contribution in [0.3, 0.4) is 0 Å². The van der Waals surface area contributed by atoms with Crippen LogP contribution < -0.4 is 0 Å². The maximum absolute atomic E-state index is 11.9. The highest BCUT2D eigenvalue weighted by molar-refractivity contribution is 5.76. The molecule has 0 unspecified atom stereocenters. The third kappa shape index (κ3) is 3.81. The molecule has 5 heteroatoms. The summed E-state index contributed by atoms with van der Waals surface area (Å²) in [6, 6.07) is 0.578. The number of rotatable bonds is 4. The number of esters is 1. The zero-order valence-electron chi connectivity index (χ0n) is 13.8. The molecular weight excluding hydrogens is 280 g/mol. The molecule has 3 aliphatic rings. The fourth-order valence-corrected chi connectivity index (χ4v) is 4.34. The van der Waals surface area contributed by atoms with E-state index < -0.39 is 0 Å². The van der Waals surface area contributed by atoms with Crippen LogP contribution in [0.25, 0.3) is 0 Å². The van der Waals surface area contributed by atoms with Gasteiger partial charge in [-0.15, -0.1) is 0 Å². The number of methoxy groups -OCH3 is 1. The molecular formula is C17H30N2O3. The van der Waals surface area contributed by atoms with Crippen LogP contribution in [0.15, 0.2) is 0 Å². The van der Waals surface area contributed by atoms with E-state index in [0.717, 1.165) is 38.5 Å². The summed E-state index contributed by atoms with van der Waals surface area (Å²) in [5.41, 5.74) is 0. The predicted octanol–water partition coefficient (Wildman–Crippen LogP) is 1.51. The highest BCUT2D eigenvalue weighted by atomic mass is 16.5. The fourth-order valence-electron chi connectivity index (χ4n) is 4.34. The molecule has 0 amide bonds. The Morgan fingerprint density at radius 3 is 2.50 bits per heavy atom. The zero-order chi connectivity index (χ0) is 15.4. The van der Waals surface area contributed by atoms with E-state index >= 15 is 0 Å². The standard InChI is InChI=1S/C17H30N2O3/c1-21-17(20)16-3-2-8-19(16)15-4-9-18(10-5-15)13-14-6-11-22-12-7-14/h14-16H,2-13H2,1H3/t16-/m0/s1. The number of piperidine rings is 1. The molecule has 3 fully saturated rings. The minimum absolute atomic E-state index is 0.0112. The summed E-state index contributed by atoms with van der Waals surface area (Å²) >= 11 is 0. The first kappa shape index (κ1) is 16.2. The van der Waals surface area contributed by atoms with Gasteiger partial charge in [-0.05, 0) is 64.1 Å². The lowest BCUT2D eigenvalue weighted by Crippen LogP contribution is -2.49. The molecule has 0 aromatic rings. The molecule has 0 bridgehead atoms. The second kappa shape index (κ2) is 7.75. The maximum Gasteiger partial charge on any atom is 0.323 e. The Balaban J connectivity index is 1.45. The van der Waals surface area contributed by atoms with E-state index in [2.05, 4.69) is 9.80 Å². The van der Waals surface area contributed by atoms with Crippen LogP contribution in [0.4, 0.5) is 0 Å². The van der Waals surface area contributed by atoms with Crippen LogP contribution in [0.1, 0.15) is 38.5 Å². The molecule has 126 valence electrons. The smallest absolute Gasteiger partial charge is 0.323 e. The van der Waals surface area contributed by atoms with Gasteiger partial charge in [-0.25, -0.2) is 0 Å². The van der Waals surface area contributed by atoms with E-state index in [9.17, 15) is 4.79 Å². The molecule has 5 nitrogen and oxygen atoms in total. The summed E-state index contributed by atoms with van der Waals surface area (Å²) in [7, 11) is 1.51. The largest absolute Gasteiger partial charge is 0.468 e. The lowest BCUT2D eigenvalue weighted by Gasteiger charge is -2.40. The lowest BCUT2D eigenvalue weighted by molar-refractivity contribution is -0.147. The summed E-state index contributed by atoms with van der Waals surface area (Å²) in [4.78, 5) is 16.9. The van der Waals surface area contributed by atoms with E-state index in [1.54, 1.807) is 0 Å². The van der Waals surface area contributed by atoms with Gasteiger partial charge >= 0.3 is 5.97 Å². The summed E-state index contributed by atoms with van der Waals surface area (Å²) in [5, 5.41) is 0. The van der Waals surface area contributed by atoms with Crippen molar-refractivity contribution in [1.82, 2.24) is 9.80 Å². The molecule has 0 aliphatic carbocycles. The van der Waals surface area contributed by atoms with Crippen LogP contribution in [-0.2, 0) is 14.3 Å². The first-order valence-electron chi connectivity index (χ1n) is 8.91. The van der Waals surface area contributed by atoms with Gasteiger partial charge in [0.25, 0.3) is 0 Å². The molecule has 0 aromatic carbocycles. The molecule has 0 radical (unpaired) electrons. The Morgan fingerprint density at radius 2 is 1.82 bits per heavy atom. The quantitative estimate of drug-likeness (QED) is 0.737. The minimum atomic E-state index is -0.0397. The number of ether oxygens (including phenoxy) is 2. The normalized spacial score (nSPS) is 29.8. The van der Waals surface area contributed by atoms with Crippen molar-refractivity contribution >= 4 is 5.97 Å². The minimum Gasteiger partial charge on any atom is -0.468 e. The number of hydrogen-bond donors (Lipinski definition) is 0. The lowest BCUT2D eigenvalue weighted by atomic mass is 9.96. The van der Waals surface area contributed by atoms with Crippen molar-refractivity contribution in [2.45, 2.75) is 50.6 Å². The van der Waals surface area contributed by atoms with Crippen molar-refractivity contribution < 1.29 is 14.3 Å². The molecule has 1 atom stereocenters. The van der Waals surface area contributed by atoms with Crippen molar-refractivity contribution in [2.75, 3.05) is 46.5 Å².